The number of alkyl halides is 1. The third-order valence-electron chi connectivity index (χ3n) is 4.65. The zero-order valence-electron chi connectivity index (χ0n) is 11.3. The summed E-state index contributed by atoms with van der Waals surface area (Å²) in [7, 11) is 0. The molecule has 0 radical (unpaired) electrons. The lowest BCUT2D eigenvalue weighted by Crippen LogP contribution is -2.42. The zero-order valence-corrected chi connectivity index (χ0v) is 12.8. The molecule has 2 fully saturated rings. The van der Waals surface area contributed by atoms with Crippen LogP contribution in [-0.2, 0) is 4.74 Å². The summed E-state index contributed by atoms with van der Waals surface area (Å²) in [6, 6.07) is 0. The number of ether oxygens (including phenoxy) is 1. The highest BCUT2D eigenvalue weighted by Gasteiger charge is 2.36. The Labute approximate surface area is 114 Å². The number of rotatable bonds is 4. The maximum absolute atomic E-state index is 5.51. The summed E-state index contributed by atoms with van der Waals surface area (Å²) in [5.74, 6) is 1.76. The molecule has 0 aliphatic carbocycles. The molecule has 2 saturated heterocycles. The molecule has 0 amide bonds. The fraction of sp³-hybridized carbons (Fsp3) is 1.00. The van der Waals surface area contributed by atoms with E-state index < -0.39 is 0 Å². The zero-order chi connectivity index (χ0) is 12.3. The summed E-state index contributed by atoms with van der Waals surface area (Å²) >= 11 is 3.74. The van der Waals surface area contributed by atoms with Crippen LogP contribution in [0, 0.1) is 17.3 Å². The van der Waals surface area contributed by atoms with E-state index in [1.54, 1.807) is 0 Å². The first-order chi connectivity index (χ1) is 8.15. The number of hydrogen-bond acceptors (Lipinski definition) is 2. The lowest BCUT2D eigenvalue weighted by Gasteiger charge is -2.38. The van der Waals surface area contributed by atoms with Crippen molar-refractivity contribution < 1.29 is 4.74 Å². The van der Waals surface area contributed by atoms with Crippen LogP contribution >= 0.6 is 15.9 Å². The van der Waals surface area contributed by atoms with Crippen LogP contribution < -0.4 is 0 Å². The van der Waals surface area contributed by atoms with Crippen molar-refractivity contribution in [2.24, 2.45) is 17.3 Å². The van der Waals surface area contributed by atoms with Gasteiger partial charge in [0, 0.05) is 31.6 Å². The first-order valence-corrected chi connectivity index (χ1v) is 8.13. The molecule has 2 rings (SSSR count). The van der Waals surface area contributed by atoms with Crippen LogP contribution in [-0.4, -0.2) is 43.1 Å². The van der Waals surface area contributed by atoms with Crippen molar-refractivity contribution in [3.8, 4) is 0 Å². The molecule has 0 N–H and O–H groups in total. The second kappa shape index (κ2) is 6.03. The minimum Gasteiger partial charge on any atom is -0.381 e. The number of hydrogen-bond donors (Lipinski definition) is 0. The maximum atomic E-state index is 5.51. The Hall–Kier alpha value is 0.400. The van der Waals surface area contributed by atoms with Crippen molar-refractivity contribution >= 4 is 15.9 Å². The van der Waals surface area contributed by atoms with Gasteiger partial charge in [-0.05, 0) is 43.1 Å². The molecule has 3 heteroatoms. The Bertz CT molecular complexity index is 238. The van der Waals surface area contributed by atoms with Gasteiger partial charge in [-0.1, -0.05) is 29.8 Å². The van der Waals surface area contributed by atoms with Gasteiger partial charge in [-0.25, -0.2) is 0 Å². The second-order valence-electron chi connectivity index (χ2n) is 6.27. The van der Waals surface area contributed by atoms with Gasteiger partial charge in [-0.2, -0.15) is 0 Å². The largest absolute Gasteiger partial charge is 0.381 e. The molecule has 0 aromatic carbocycles. The van der Waals surface area contributed by atoms with Crippen LogP contribution in [0.15, 0.2) is 0 Å². The van der Waals surface area contributed by atoms with Crippen LogP contribution in [0.5, 0.6) is 0 Å². The second-order valence-corrected chi connectivity index (χ2v) is 6.83. The number of halogens is 1. The minimum atomic E-state index is 0.476. The molecule has 2 aliphatic rings. The van der Waals surface area contributed by atoms with Crippen LogP contribution in [0.2, 0.25) is 0 Å². The van der Waals surface area contributed by atoms with E-state index in [0.717, 1.165) is 30.4 Å². The number of nitrogens with zero attached hydrogens (tertiary/aromatic N) is 1. The van der Waals surface area contributed by atoms with Gasteiger partial charge in [-0.15, -0.1) is 0 Å². The molecular formula is C14H26BrNO. The normalized spacial score (nSPS) is 30.0. The average molecular weight is 304 g/mol. The summed E-state index contributed by atoms with van der Waals surface area (Å²) in [5.41, 5.74) is 0.476. The smallest absolute Gasteiger partial charge is 0.0472 e. The van der Waals surface area contributed by atoms with E-state index in [9.17, 15) is 0 Å². The standard InChI is InChI=1S/C14H26BrNO/c1-12(2)13-3-6-16(9-13)11-14(10-15)4-7-17-8-5-14/h12-13H,3-11H2,1-2H3. The van der Waals surface area contributed by atoms with E-state index >= 15 is 0 Å². The molecule has 2 heterocycles. The van der Waals surface area contributed by atoms with Gasteiger partial charge in [0.2, 0.25) is 0 Å². The minimum absolute atomic E-state index is 0.476. The van der Waals surface area contributed by atoms with Crippen molar-refractivity contribution in [1.82, 2.24) is 4.90 Å². The lowest BCUT2D eigenvalue weighted by molar-refractivity contribution is 0.0109. The topological polar surface area (TPSA) is 12.5 Å². The Morgan fingerprint density at radius 3 is 2.59 bits per heavy atom. The van der Waals surface area contributed by atoms with Crippen molar-refractivity contribution in [2.45, 2.75) is 33.1 Å². The Kier molecular flexibility index (Phi) is 4.90. The summed E-state index contributed by atoms with van der Waals surface area (Å²) in [6.45, 7) is 10.5. The third-order valence-corrected chi connectivity index (χ3v) is 5.84. The molecule has 0 spiro atoms. The summed E-state index contributed by atoms with van der Waals surface area (Å²) in [5, 5.41) is 1.13. The molecule has 0 bridgehead atoms. The van der Waals surface area contributed by atoms with Crippen LogP contribution in [0.1, 0.15) is 33.1 Å². The van der Waals surface area contributed by atoms with Gasteiger partial charge >= 0.3 is 0 Å². The van der Waals surface area contributed by atoms with Crippen LogP contribution in [0.25, 0.3) is 0 Å². The van der Waals surface area contributed by atoms with Crippen molar-refractivity contribution in [2.75, 3.05) is 38.2 Å². The number of likely N-dealkylation sites (tertiary alicyclic amines) is 1. The van der Waals surface area contributed by atoms with Crippen molar-refractivity contribution in [1.29, 1.82) is 0 Å². The Balaban J connectivity index is 1.87. The highest BCUT2D eigenvalue weighted by Crippen LogP contribution is 2.35. The van der Waals surface area contributed by atoms with E-state index in [1.807, 2.05) is 0 Å². The lowest BCUT2D eigenvalue weighted by atomic mass is 9.82. The summed E-state index contributed by atoms with van der Waals surface area (Å²) in [4.78, 5) is 2.69. The maximum Gasteiger partial charge on any atom is 0.0472 e. The van der Waals surface area contributed by atoms with Gasteiger partial charge in [-0.3, -0.25) is 0 Å². The van der Waals surface area contributed by atoms with E-state index in [2.05, 4.69) is 34.7 Å². The summed E-state index contributed by atoms with van der Waals surface area (Å²) in [6.07, 6.45) is 3.84. The highest BCUT2D eigenvalue weighted by atomic mass is 79.9. The van der Waals surface area contributed by atoms with E-state index in [-0.39, 0.29) is 0 Å². The highest BCUT2D eigenvalue weighted by molar-refractivity contribution is 9.09. The van der Waals surface area contributed by atoms with Gasteiger partial charge in [0.1, 0.15) is 0 Å². The first-order valence-electron chi connectivity index (χ1n) is 7.01. The third kappa shape index (κ3) is 3.45. The monoisotopic (exact) mass is 303 g/mol. The fourth-order valence-electron chi connectivity index (χ4n) is 3.16. The predicted molar refractivity (Wildman–Crippen MR) is 75.7 cm³/mol. The van der Waals surface area contributed by atoms with Gasteiger partial charge < -0.3 is 9.64 Å². The molecule has 2 nitrogen and oxygen atoms in total. The van der Waals surface area contributed by atoms with Crippen molar-refractivity contribution in [3.63, 3.8) is 0 Å². The molecule has 100 valence electrons. The van der Waals surface area contributed by atoms with E-state index in [4.69, 9.17) is 4.74 Å². The fourth-order valence-corrected chi connectivity index (χ4v) is 3.90. The van der Waals surface area contributed by atoms with Gasteiger partial charge in [0.15, 0.2) is 0 Å². The first kappa shape index (κ1) is 13.8. The van der Waals surface area contributed by atoms with Gasteiger partial charge in [0.05, 0.1) is 0 Å². The molecule has 0 aromatic rings. The molecule has 0 aromatic heterocycles. The summed E-state index contributed by atoms with van der Waals surface area (Å²) < 4.78 is 5.51. The molecule has 0 saturated carbocycles. The molecule has 1 atom stereocenters. The van der Waals surface area contributed by atoms with Crippen molar-refractivity contribution in [3.05, 3.63) is 0 Å². The predicted octanol–water partition coefficient (Wildman–Crippen LogP) is 3.16. The molecule has 17 heavy (non-hydrogen) atoms. The van der Waals surface area contributed by atoms with Crippen LogP contribution in [0.3, 0.4) is 0 Å². The molecular weight excluding hydrogens is 278 g/mol. The molecule has 1 unspecified atom stereocenters. The van der Waals surface area contributed by atoms with E-state index in [1.165, 1.54) is 38.9 Å². The van der Waals surface area contributed by atoms with Crippen LogP contribution in [0.4, 0.5) is 0 Å². The average Bonchev–Trinajstić information content (AvgIpc) is 2.79. The SMILES string of the molecule is CC(C)C1CCN(CC2(CBr)CCOCC2)C1. The molecule has 2 aliphatic heterocycles. The Morgan fingerprint density at radius 2 is 2.06 bits per heavy atom. The quantitative estimate of drug-likeness (QED) is 0.740. The van der Waals surface area contributed by atoms with Gasteiger partial charge in [0.25, 0.3) is 0 Å². The van der Waals surface area contributed by atoms with E-state index in [0.29, 0.717) is 5.41 Å². The Morgan fingerprint density at radius 1 is 1.35 bits per heavy atom.